The summed E-state index contributed by atoms with van der Waals surface area (Å²) in [6.45, 7) is 4.34. The topological polar surface area (TPSA) is 35.3 Å². The van der Waals surface area contributed by atoms with Crippen molar-refractivity contribution >= 4 is 0 Å². The molecule has 1 aliphatic rings. The Morgan fingerprint density at radius 3 is 3.08 bits per heavy atom. The number of fused-ring (bicyclic) bond motifs is 1. The van der Waals surface area contributed by atoms with Gasteiger partial charge in [0.05, 0.1) is 12.3 Å². The number of methoxy groups -OCH3 is 1. The molecular weight excluding hydrogens is 166 g/mol. The van der Waals surface area contributed by atoms with Crippen LogP contribution in [-0.2, 0) is 16.6 Å². The molecule has 0 fully saturated rings. The zero-order chi connectivity index (χ0) is 9.47. The van der Waals surface area contributed by atoms with Gasteiger partial charge in [0, 0.05) is 24.5 Å². The number of hydrogen-bond donors (Lipinski definition) is 0. The molecule has 0 amide bonds. The van der Waals surface area contributed by atoms with Crippen molar-refractivity contribution in [2.75, 3.05) is 7.11 Å². The van der Waals surface area contributed by atoms with Crippen LogP contribution < -0.4 is 0 Å². The minimum Gasteiger partial charge on any atom is -0.381 e. The molecule has 1 heterocycles. The first kappa shape index (κ1) is 8.75. The van der Waals surface area contributed by atoms with E-state index in [0.29, 0.717) is 6.10 Å². The van der Waals surface area contributed by atoms with Gasteiger partial charge in [0.25, 0.3) is 0 Å². The molecule has 1 aliphatic carbocycles. The molecule has 0 radical (unpaired) electrons. The van der Waals surface area contributed by atoms with Crippen LogP contribution >= 0.6 is 0 Å². The number of rotatable bonds is 1. The van der Waals surface area contributed by atoms with E-state index in [4.69, 9.17) is 9.26 Å². The number of hydrogen-bond acceptors (Lipinski definition) is 3. The molecule has 0 aromatic carbocycles. The first-order valence-electron chi connectivity index (χ1n) is 4.60. The molecule has 0 spiro atoms. The summed E-state index contributed by atoms with van der Waals surface area (Å²) in [6.07, 6.45) is 4.05. The van der Waals surface area contributed by atoms with Crippen molar-refractivity contribution in [3.63, 3.8) is 0 Å². The fourth-order valence-electron chi connectivity index (χ4n) is 2.11. The summed E-state index contributed by atoms with van der Waals surface area (Å²) < 4.78 is 10.6. The summed E-state index contributed by atoms with van der Waals surface area (Å²) in [5, 5.41) is 3.84. The second-order valence-corrected chi connectivity index (χ2v) is 4.33. The molecular formula is C10H15NO2. The summed E-state index contributed by atoms with van der Waals surface area (Å²) in [7, 11) is 1.76. The normalized spacial score (nSPS) is 25.6. The number of ether oxygens (including phenoxy) is 1. The lowest BCUT2D eigenvalue weighted by Crippen LogP contribution is -2.32. The highest BCUT2D eigenvalue weighted by molar-refractivity contribution is 5.26. The lowest BCUT2D eigenvalue weighted by Gasteiger charge is -2.32. The van der Waals surface area contributed by atoms with Crippen LogP contribution in [0.2, 0.25) is 0 Å². The predicted molar refractivity (Wildman–Crippen MR) is 48.6 cm³/mol. The van der Waals surface area contributed by atoms with E-state index in [2.05, 4.69) is 19.0 Å². The Morgan fingerprint density at radius 1 is 1.62 bits per heavy atom. The van der Waals surface area contributed by atoms with Crippen molar-refractivity contribution in [2.24, 2.45) is 0 Å². The highest BCUT2D eigenvalue weighted by Gasteiger charge is 2.36. The van der Waals surface area contributed by atoms with Crippen LogP contribution in [0.25, 0.3) is 0 Å². The van der Waals surface area contributed by atoms with Gasteiger partial charge in [-0.1, -0.05) is 19.0 Å². The lowest BCUT2D eigenvalue weighted by molar-refractivity contribution is 0.0632. The Hall–Kier alpha value is -0.830. The average Bonchev–Trinajstić information content (AvgIpc) is 2.51. The van der Waals surface area contributed by atoms with Crippen LogP contribution in [0.5, 0.6) is 0 Å². The third-order valence-electron chi connectivity index (χ3n) is 2.78. The van der Waals surface area contributed by atoms with Gasteiger partial charge < -0.3 is 9.26 Å². The van der Waals surface area contributed by atoms with Crippen molar-refractivity contribution in [3.05, 3.63) is 17.5 Å². The van der Waals surface area contributed by atoms with E-state index in [1.807, 2.05) is 6.20 Å². The van der Waals surface area contributed by atoms with E-state index in [0.717, 1.165) is 18.6 Å². The zero-order valence-corrected chi connectivity index (χ0v) is 8.33. The molecule has 3 heteroatoms. The van der Waals surface area contributed by atoms with Crippen LogP contribution in [-0.4, -0.2) is 18.4 Å². The van der Waals surface area contributed by atoms with Gasteiger partial charge in [-0.05, 0) is 6.42 Å². The molecule has 3 nitrogen and oxygen atoms in total. The first-order chi connectivity index (χ1) is 6.13. The van der Waals surface area contributed by atoms with Gasteiger partial charge in [0.1, 0.15) is 5.76 Å². The Bertz CT molecular complexity index is 304. The van der Waals surface area contributed by atoms with Crippen molar-refractivity contribution in [1.29, 1.82) is 0 Å². The Morgan fingerprint density at radius 2 is 2.38 bits per heavy atom. The summed E-state index contributed by atoms with van der Waals surface area (Å²) >= 11 is 0. The molecule has 0 saturated heterocycles. The van der Waals surface area contributed by atoms with Crippen molar-refractivity contribution < 1.29 is 9.26 Å². The molecule has 1 aromatic rings. The van der Waals surface area contributed by atoms with Gasteiger partial charge in [-0.3, -0.25) is 0 Å². The van der Waals surface area contributed by atoms with E-state index < -0.39 is 0 Å². The van der Waals surface area contributed by atoms with E-state index in [1.165, 1.54) is 5.56 Å². The molecule has 0 saturated carbocycles. The Kier molecular flexibility index (Phi) is 1.91. The molecule has 0 bridgehead atoms. The van der Waals surface area contributed by atoms with Gasteiger partial charge in [-0.25, -0.2) is 0 Å². The fourth-order valence-corrected chi connectivity index (χ4v) is 2.11. The molecule has 0 N–H and O–H groups in total. The van der Waals surface area contributed by atoms with E-state index in [9.17, 15) is 0 Å². The van der Waals surface area contributed by atoms with Crippen molar-refractivity contribution in [3.8, 4) is 0 Å². The molecule has 2 rings (SSSR count). The van der Waals surface area contributed by atoms with Gasteiger partial charge >= 0.3 is 0 Å². The zero-order valence-electron chi connectivity index (χ0n) is 8.33. The fraction of sp³-hybridized carbons (Fsp3) is 0.700. The van der Waals surface area contributed by atoms with Crippen LogP contribution in [0.15, 0.2) is 10.7 Å². The minimum atomic E-state index is 0.0603. The summed E-state index contributed by atoms with van der Waals surface area (Å²) in [5.41, 5.74) is 1.26. The monoisotopic (exact) mass is 181 g/mol. The molecule has 13 heavy (non-hydrogen) atoms. The molecule has 1 aromatic heterocycles. The third-order valence-corrected chi connectivity index (χ3v) is 2.78. The maximum Gasteiger partial charge on any atom is 0.145 e. The minimum absolute atomic E-state index is 0.0603. The van der Waals surface area contributed by atoms with Gasteiger partial charge in [-0.15, -0.1) is 0 Å². The maximum atomic E-state index is 5.38. The summed E-state index contributed by atoms with van der Waals surface area (Å²) in [5.74, 6) is 1.03. The molecule has 0 aliphatic heterocycles. The van der Waals surface area contributed by atoms with Gasteiger partial charge in [0.15, 0.2) is 0 Å². The third kappa shape index (κ3) is 1.37. The molecule has 1 atom stereocenters. The lowest BCUT2D eigenvalue weighted by atomic mass is 9.76. The van der Waals surface area contributed by atoms with E-state index in [1.54, 1.807) is 7.11 Å². The highest BCUT2D eigenvalue weighted by Crippen LogP contribution is 2.37. The average molecular weight is 181 g/mol. The smallest absolute Gasteiger partial charge is 0.145 e. The van der Waals surface area contributed by atoms with Crippen LogP contribution in [0, 0.1) is 0 Å². The summed E-state index contributed by atoms with van der Waals surface area (Å²) in [6, 6.07) is 0. The second kappa shape index (κ2) is 2.84. The molecule has 72 valence electrons. The SMILES string of the molecule is COC1Cc2cnoc2C(C)(C)C1. The standard InChI is InChI=1S/C10H15NO2/c1-10(2)5-8(12-3)4-7-6-11-13-9(7)10/h6,8H,4-5H2,1-3H3. The largest absolute Gasteiger partial charge is 0.381 e. The Balaban J connectivity index is 2.36. The second-order valence-electron chi connectivity index (χ2n) is 4.33. The number of aromatic nitrogens is 1. The van der Waals surface area contributed by atoms with E-state index >= 15 is 0 Å². The van der Waals surface area contributed by atoms with Crippen LogP contribution in [0.1, 0.15) is 31.6 Å². The quantitative estimate of drug-likeness (QED) is 0.664. The summed E-state index contributed by atoms with van der Waals surface area (Å²) in [4.78, 5) is 0. The van der Waals surface area contributed by atoms with Crippen molar-refractivity contribution in [2.45, 2.75) is 38.2 Å². The number of nitrogens with zero attached hydrogens (tertiary/aromatic N) is 1. The van der Waals surface area contributed by atoms with Crippen LogP contribution in [0.4, 0.5) is 0 Å². The predicted octanol–water partition coefficient (Wildman–Crippen LogP) is 1.91. The van der Waals surface area contributed by atoms with E-state index in [-0.39, 0.29) is 5.41 Å². The van der Waals surface area contributed by atoms with Crippen LogP contribution in [0.3, 0.4) is 0 Å². The first-order valence-corrected chi connectivity index (χ1v) is 4.60. The van der Waals surface area contributed by atoms with Crippen molar-refractivity contribution in [1.82, 2.24) is 5.16 Å². The van der Waals surface area contributed by atoms with Gasteiger partial charge in [-0.2, -0.15) is 0 Å². The maximum absolute atomic E-state index is 5.38. The molecule has 1 unspecified atom stereocenters. The highest BCUT2D eigenvalue weighted by atomic mass is 16.5. The Labute approximate surface area is 78.1 Å². The van der Waals surface area contributed by atoms with Gasteiger partial charge in [0.2, 0.25) is 0 Å².